The molecule has 0 aliphatic heterocycles. The summed E-state index contributed by atoms with van der Waals surface area (Å²) in [5.41, 5.74) is 2.74. The van der Waals surface area contributed by atoms with E-state index in [2.05, 4.69) is 39.7 Å². The van der Waals surface area contributed by atoms with Gasteiger partial charge in [-0.1, -0.05) is 38.3 Å². The van der Waals surface area contributed by atoms with Crippen LogP contribution in [0.1, 0.15) is 34.6 Å². The fourth-order valence-corrected chi connectivity index (χ4v) is 0.731. The van der Waals surface area contributed by atoms with E-state index in [1.807, 2.05) is 6.92 Å². The van der Waals surface area contributed by atoms with E-state index in [-0.39, 0.29) is 5.41 Å². The zero-order valence-electron chi connectivity index (χ0n) is 8.73. The summed E-state index contributed by atoms with van der Waals surface area (Å²) < 4.78 is 0. The van der Waals surface area contributed by atoms with E-state index in [4.69, 9.17) is 6.42 Å². The molecule has 0 atom stereocenters. The predicted molar refractivity (Wildman–Crippen MR) is 55.8 cm³/mol. The Balaban J connectivity index is 4.61. The molecule has 0 saturated heterocycles. The van der Waals surface area contributed by atoms with Crippen LogP contribution in [0.4, 0.5) is 0 Å². The van der Waals surface area contributed by atoms with Gasteiger partial charge in [-0.25, -0.2) is 0 Å². The molecule has 0 amide bonds. The average molecular weight is 162 g/mol. The van der Waals surface area contributed by atoms with Crippen molar-refractivity contribution < 1.29 is 0 Å². The van der Waals surface area contributed by atoms with Crippen LogP contribution in [0.25, 0.3) is 0 Å². The third-order valence-corrected chi connectivity index (χ3v) is 1.94. The Morgan fingerprint density at radius 2 is 1.75 bits per heavy atom. The summed E-state index contributed by atoms with van der Waals surface area (Å²) in [7, 11) is 0. The fourth-order valence-electron chi connectivity index (χ4n) is 0.731. The van der Waals surface area contributed by atoms with E-state index < -0.39 is 0 Å². The zero-order chi connectivity index (χ0) is 9.78. The summed E-state index contributed by atoms with van der Waals surface area (Å²) in [6, 6.07) is 0. The average Bonchev–Trinajstić information content (AvgIpc) is 1.85. The van der Waals surface area contributed by atoms with E-state index >= 15 is 0 Å². The van der Waals surface area contributed by atoms with Crippen LogP contribution in [-0.2, 0) is 0 Å². The Morgan fingerprint density at radius 1 is 1.25 bits per heavy atom. The molecule has 0 unspecified atom stereocenters. The maximum atomic E-state index is 5.16. The second-order valence-electron chi connectivity index (χ2n) is 4.13. The van der Waals surface area contributed by atoms with Gasteiger partial charge in [0.25, 0.3) is 0 Å². The molecule has 0 aromatic carbocycles. The molecule has 0 aliphatic rings. The summed E-state index contributed by atoms with van der Waals surface area (Å²) in [6.07, 6.45) is 9.08. The molecule has 0 bridgehead atoms. The van der Waals surface area contributed by atoms with Crippen LogP contribution in [0.15, 0.2) is 23.3 Å². The van der Waals surface area contributed by atoms with Gasteiger partial charge < -0.3 is 0 Å². The van der Waals surface area contributed by atoms with Gasteiger partial charge in [-0.3, -0.25) is 0 Å². The number of allylic oxidation sites excluding steroid dienone is 4. The van der Waals surface area contributed by atoms with Gasteiger partial charge >= 0.3 is 0 Å². The quantitative estimate of drug-likeness (QED) is 0.408. The third kappa shape index (κ3) is 4.03. The molecule has 0 fully saturated rings. The van der Waals surface area contributed by atoms with Crippen LogP contribution in [0, 0.1) is 17.8 Å². The smallest absolute Gasteiger partial charge is 0.00923 e. The Morgan fingerprint density at radius 3 is 2.08 bits per heavy atom. The lowest BCUT2D eigenvalue weighted by atomic mass is 9.86. The molecule has 0 aromatic heterocycles. The van der Waals surface area contributed by atoms with Crippen molar-refractivity contribution in [2.24, 2.45) is 5.41 Å². The van der Waals surface area contributed by atoms with E-state index in [1.165, 1.54) is 5.57 Å². The largest absolute Gasteiger partial charge is 0.115 e. The van der Waals surface area contributed by atoms with E-state index in [0.717, 1.165) is 5.57 Å². The molecule has 0 aromatic rings. The number of rotatable bonds is 1. The Hall–Kier alpha value is -0.960. The van der Waals surface area contributed by atoms with Gasteiger partial charge in [0.1, 0.15) is 0 Å². The minimum absolute atomic E-state index is 0.240. The lowest BCUT2D eigenvalue weighted by Crippen LogP contribution is -2.06. The normalized spacial score (nSPS) is 14.3. The van der Waals surface area contributed by atoms with Crippen molar-refractivity contribution in [2.75, 3.05) is 0 Å². The molecule has 0 spiro atoms. The first-order valence-electron chi connectivity index (χ1n) is 4.19. The topological polar surface area (TPSA) is 0 Å². The van der Waals surface area contributed by atoms with Crippen molar-refractivity contribution >= 4 is 0 Å². The van der Waals surface area contributed by atoms with Crippen molar-refractivity contribution in [1.82, 2.24) is 0 Å². The monoisotopic (exact) mass is 162 g/mol. The van der Waals surface area contributed by atoms with Crippen LogP contribution in [0.3, 0.4) is 0 Å². The van der Waals surface area contributed by atoms with Crippen molar-refractivity contribution in [1.29, 1.82) is 0 Å². The minimum Gasteiger partial charge on any atom is -0.115 e. The first-order valence-corrected chi connectivity index (χ1v) is 4.19. The van der Waals surface area contributed by atoms with E-state index in [1.54, 1.807) is 6.08 Å². The standard InChI is InChI=1S/C12H18/c1-7-8-10(2)9-11(3)12(4,5)6/h1,8-9H,2-6H3/b10-8-,11-9+. The molecule has 0 N–H and O–H groups in total. The van der Waals surface area contributed by atoms with Gasteiger partial charge in [-0.15, -0.1) is 6.42 Å². The van der Waals surface area contributed by atoms with Gasteiger partial charge in [0.05, 0.1) is 0 Å². The molecule has 0 heteroatoms. The number of hydrogen-bond donors (Lipinski definition) is 0. The van der Waals surface area contributed by atoms with Crippen molar-refractivity contribution in [3.63, 3.8) is 0 Å². The third-order valence-electron chi connectivity index (χ3n) is 1.94. The van der Waals surface area contributed by atoms with Crippen molar-refractivity contribution in [3.05, 3.63) is 23.3 Å². The summed E-state index contributed by atoms with van der Waals surface area (Å²) >= 11 is 0. The molecule has 0 nitrogen and oxygen atoms in total. The van der Waals surface area contributed by atoms with Gasteiger partial charge in [-0.2, -0.15) is 0 Å². The highest BCUT2D eigenvalue weighted by Gasteiger charge is 2.11. The fraction of sp³-hybridized carbons (Fsp3) is 0.500. The minimum atomic E-state index is 0.240. The first-order chi connectivity index (χ1) is 5.38. The van der Waals surface area contributed by atoms with E-state index in [9.17, 15) is 0 Å². The highest BCUT2D eigenvalue weighted by molar-refractivity contribution is 5.29. The highest BCUT2D eigenvalue weighted by Crippen LogP contribution is 2.25. The van der Waals surface area contributed by atoms with Crippen LogP contribution >= 0.6 is 0 Å². The molecular weight excluding hydrogens is 144 g/mol. The molecule has 0 aliphatic carbocycles. The van der Waals surface area contributed by atoms with Crippen LogP contribution < -0.4 is 0 Å². The molecule has 0 saturated carbocycles. The molecule has 0 rings (SSSR count). The highest BCUT2D eigenvalue weighted by atomic mass is 14.2. The molecule has 0 radical (unpaired) electrons. The first kappa shape index (κ1) is 11.0. The van der Waals surface area contributed by atoms with Crippen LogP contribution in [0.5, 0.6) is 0 Å². The van der Waals surface area contributed by atoms with Crippen molar-refractivity contribution in [3.8, 4) is 12.3 Å². The Bertz CT molecular complexity index is 238. The lowest BCUT2D eigenvalue weighted by molar-refractivity contribution is 0.503. The molecule has 66 valence electrons. The Labute approximate surface area is 76.4 Å². The molecule has 0 heterocycles. The maximum absolute atomic E-state index is 5.16. The van der Waals surface area contributed by atoms with Crippen LogP contribution in [0.2, 0.25) is 0 Å². The molecular formula is C12H18. The summed E-state index contributed by atoms with van der Waals surface area (Å²) in [5.74, 6) is 2.52. The van der Waals surface area contributed by atoms with Gasteiger partial charge in [0.15, 0.2) is 0 Å². The molecule has 12 heavy (non-hydrogen) atoms. The van der Waals surface area contributed by atoms with Crippen LogP contribution in [-0.4, -0.2) is 0 Å². The number of hydrogen-bond acceptors (Lipinski definition) is 0. The van der Waals surface area contributed by atoms with Crippen molar-refractivity contribution in [2.45, 2.75) is 34.6 Å². The predicted octanol–water partition coefficient (Wildman–Crippen LogP) is 3.56. The van der Waals surface area contributed by atoms with Gasteiger partial charge in [0, 0.05) is 0 Å². The second-order valence-corrected chi connectivity index (χ2v) is 4.13. The van der Waals surface area contributed by atoms with Gasteiger partial charge in [0.2, 0.25) is 0 Å². The zero-order valence-corrected chi connectivity index (χ0v) is 8.73. The van der Waals surface area contributed by atoms with E-state index in [0.29, 0.717) is 0 Å². The number of terminal acetylenes is 1. The Kier molecular flexibility index (Phi) is 3.83. The summed E-state index contributed by atoms with van der Waals surface area (Å²) in [5, 5.41) is 0. The van der Waals surface area contributed by atoms with Gasteiger partial charge in [-0.05, 0) is 30.9 Å². The second kappa shape index (κ2) is 4.16. The lowest BCUT2D eigenvalue weighted by Gasteiger charge is -2.19. The summed E-state index contributed by atoms with van der Waals surface area (Å²) in [4.78, 5) is 0. The summed E-state index contributed by atoms with van der Waals surface area (Å²) in [6.45, 7) is 10.7. The maximum Gasteiger partial charge on any atom is -0.00923 e. The SMILES string of the molecule is C#C/C=C(C)\C=C(/C)C(C)(C)C.